The van der Waals surface area contributed by atoms with Gasteiger partial charge in [-0.15, -0.1) is 0 Å². The van der Waals surface area contributed by atoms with Crippen molar-refractivity contribution in [3.63, 3.8) is 0 Å². The highest BCUT2D eigenvalue weighted by atomic mass is 16.1. The Labute approximate surface area is 121 Å². The molecule has 4 nitrogen and oxygen atoms in total. The molecule has 0 bridgehead atoms. The van der Waals surface area contributed by atoms with Gasteiger partial charge in [-0.25, -0.2) is 0 Å². The third-order valence-corrected chi connectivity index (χ3v) is 4.24. The van der Waals surface area contributed by atoms with Gasteiger partial charge in [0, 0.05) is 18.7 Å². The number of carbonyl (C=O) groups is 1. The van der Waals surface area contributed by atoms with Gasteiger partial charge in [0.15, 0.2) is 0 Å². The Hall–Kier alpha value is -1.71. The molecule has 20 heavy (non-hydrogen) atoms. The van der Waals surface area contributed by atoms with Gasteiger partial charge in [0.25, 0.3) is 5.91 Å². The summed E-state index contributed by atoms with van der Waals surface area (Å²) in [5.74, 6) is -0.109. The summed E-state index contributed by atoms with van der Waals surface area (Å²) in [7, 11) is 1.62. The molecule has 0 unspecified atom stereocenters. The summed E-state index contributed by atoms with van der Waals surface area (Å²) in [5, 5.41) is 6.12. The molecule has 4 N–H and O–H groups in total. The summed E-state index contributed by atoms with van der Waals surface area (Å²) in [6.07, 6.45) is 4.81. The van der Waals surface area contributed by atoms with Gasteiger partial charge in [0.1, 0.15) is 0 Å². The molecule has 1 amide bonds. The number of hydrogen-bond acceptors (Lipinski definition) is 3. The fourth-order valence-corrected chi connectivity index (χ4v) is 2.74. The van der Waals surface area contributed by atoms with E-state index in [1.165, 1.54) is 25.7 Å². The molecule has 1 aromatic carbocycles. The zero-order chi connectivity index (χ0) is 14.8. The quantitative estimate of drug-likeness (QED) is 0.743. The van der Waals surface area contributed by atoms with E-state index in [0.717, 1.165) is 5.69 Å². The highest BCUT2D eigenvalue weighted by Gasteiger charge is 2.26. The monoisotopic (exact) mass is 275 g/mol. The van der Waals surface area contributed by atoms with Crippen molar-refractivity contribution in [1.82, 2.24) is 5.32 Å². The van der Waals surface area contributed by atoms with Gasteiger partial charge < -0.3 is 16.4 Å². The second-order valence-electron chi connectivity index (χ2n) is 6.46. The molecule has 1 aliphatic rings. The van der Waals surface area contributed by atoms with E-state index in [1.807, 2.05) is 12.1 Å². The van der Waals surface area contributed by atoms with Crippen LogP contribution in [0.5, 0.6) is 0 Å². The van der Waals surface area contributed by atoms with E-state index in [4.69, 9.17) is 5.73 Å². The molecule has 0 aliphatic heterocycles. The number of rotatable bonds is 3. The first-order chi connectivity index (χ1) is 9.41. The Kier molecular flexibility index (Phi) is 4.21. The number of amides is 1. The van der Waals surface area contributed by atoms with Crippen molar-refractivity contribution in [1.29, 1.82) is 0 Å². The van der Waals surface area contributed by atoms with Crippen LogP contribution in [0.1, 0.15) is 49.9 Å². The van der Waals surface area contributed by atoms with Crippen LogP contribution in [-0.2, 0) is 0 Å². The predicted octanol–water partition coefficient (Wildman–Crippen LogP) is 3.01. The maximum atomic E-state index is 11.6. The van der Waals surface area contributed by atoms with Crippen LogP contribution >= 0.6 is 0 Å². The molecule has 0 aromatic heterocycles. The predicted molar refractivity (Wildman–Crippen MR) is 83.9 cm³/mol. The molecule has 4 heteroatoms. The molecule has 1 fully saturated rings. The van der Waals surface area contributed by atoms with E-state index in [9.17, 15) is 4.79 Å². The van der Waals surface area contributed by atoms with E-state index in [-0.39, 0.29) is 5.91 Å². The van der Waals surface area contributed by atoms with Crippen LogP contribution in [0.25, 0.3) is 0 Å². The maximum absolute atomic E-state index is 11.6. The second-order valence-corrected chi connectivity index (χ2v) is 6.46. The Morgan fingerprint density at radius 2 is 1.95 bits per heavy atom. The summed E-state index contributed by atoms with van der Waals surface area (Å²) in [4.78, 5) is 11.6. The minimum Gasteiger partial charge on any atom is -0.397 e. The van der Waals surface area contributed by atoms with E-state index in [0.29, 0.717) is 22.7 Å². The smallest absolute Gasteiger partial charge is 0.251 e. The van der Waals surface area contributed by atoms with Crippen LogP contribution in [0.15, 0.2) is 18.2 Å². The van der Waals surface area contributed by atoms with Gasteiger partial charge in [0.05, 0.1) is 11.4 Å². The molecular weight excluding hydrogens is 250 g/mol. The first kappa shape index (κ1) is 14.7. The number of nitrogens with two attached hydrogens (primary N) is 1. The average molecular weight is 275 g/mol. The lowest BCUT2D eigenvalue weighted by molar-refractivity contribution is 0.0963. The molecule has 1 aromatic rings. The number of nitrogens with one attached hydrogen (secondary N) is 2. The molecule has 0 spiro atoms. The lowest BCUT2D eigenvalue weighted by Crippen LogP contribution is -2.30. The number of hydrogen-bond donors (Lipinski definition) is 3. The largest absolute Gasteiger partial charge is 0.397 e. The lowest BCUT2D eigenvalue weighted by Gasteiger charge is -2.35. The first-order valence-corrected chi connectivity index (χ1v) is 7.29. The van der Waals surface area contributed by atoms with E-state index in [2.05, 4.69) is 24.5 Å². The number of nitrogen functional groups attached to an aromatic ring is 1. The van der Waals surface area contributed by atoms with Crippen molar-refractivity contribution in [2.45, 2.75) is 45.6 Å². The fraction of sp³-hybridized carbons (Fsp3) is 0.562. The van der Waals surface area contributed by atoms with E-state index < -0.39 is 0 Å². The Balaban J connectivity index is 2.02. The highest BCUT2D eigenvalue weighted by Crippen LogP contribution is 2.36. The SMILES string of the molecule is CNC(=O)c1ccc(NC2CCC(C)(C)CC2)c(N)c1. The summed E-state index contributed by atoms with van der Waals surface area (Å²) < 4.78 is 0. The van der Waals surface area contributed by atoms with E-state index in [1.54, 1.807) is 13.1 Å². The van der Waals surface area contributed by atoms with Gasteiger partial charge in [0.2, 0.25) is 0 Å². The van der Waals surface area contributed by atoms with Gasteiger partial charge in [-0.2, -0.15) is 0 Å². The van der Waals surface area contributed by atoms with Crippen LogP contribution < -0.4 is 16.4 Å². The van der Waals surface area contributed by atoms with Crippen molar-refractivity contribution in [2.24, 2.45) is 5.41 Å². The Morgan fingerprint density at radius 1 is 1.30 bits per heavy atom. The summed E-state index contributed by atoms with van der Waals surface area (Å²) in [6.45, 7) is 4.66. The molecular formula is C16H25N3O. The van der Waals surface area contributed by atoms with Crippen LogP contribution in [0.4, 0.5) is 11.4 Å². The minimum atomic E-state index is -0.109. The van der Waals surface area contributed by atoms with Gasteiger partial charge >= 0.3 is 0 Å². The molecule has 0 saturated heterocycles. The molecule has 110 valence electrons. The zero-order valence-electron chi connectivity index (χ0n) is 12.6. The topological polar surface area (TPSA) is 67.2 Å². The van der Waals surface area contributed by atoms with Crippen molar-refractivity contribution >= 4 is 17.3 Å². The normalized spacial score (nSPS) is 18.6. The fourth-order valence-electron chi connectivity index (χ4n) is 2.74. The number of anilines is 2. The number of benzene rings is 1. The van der Waals surface area contributed by atoms with Gasteiger partial charge in [-0.05, 0) is 49.3 Å². The zero-order valence-corrected chi connectivity index (χ0v) is 12.6. The molecule has 0 heterocycles. The second kappa shape index (κ2) is 5.73. The van der Waals surface area contributed by atoms with Gasteiger partial charge in [-0.3, -0.25) is 4.79 Å². The standard InChI is InChI=1S/C16H25N3O/c1-16(2)8-6-12(7-9-16)19-14-5-4-11(10-13(14)17)15(20)18-3/h4-5,10,12,19H,6-9,17H2,1-3H3,(H,18,20). The Bertz CT molecular complexity index is 486. The minimum absolute atomic E-state index is 0.109. The Morgan fingerprint density at radius 3 is 2.50 bits per heavy atom. The van der Waals surface area contributed by atoms with Crippen LogP contribution in [-0.4, -0.2) is 19.0 Å². The van der Waals surface area contributed by atoms with Crippen LogP contribution in [0, 0.1) is 5.41 Å². The molecule has 1 aliphatic carbocycles. The van der Waals surface area contributed by atoms with Gasteiger partial charge in [-0.1, -0.05) is 13.8 Å². The average Bonchev–Trinajstić information content (AvgIpc) is 2.42. The molecule has 1 saturated carbocycles. The molecule has 0 radical (unpaired) electrons. The van der Waals surface area contributed by atoms with Crippen molar-refractivity contribution in [3.8, 4) is 0 Å². The number of carbonyl (C=O) groups excluding carboxylic acids is 1. The maximum Gasteiger partial charge on any atom is 0.251 e. The van der Waals surface area contributed by atoms with E-state index >= 15 is 0 Å². The molecule has 2 rings (SSSR count). The third-order valence-electron chi connectivity index (χ3n) is 4.24. The van der Waals surface area contributed by atoms with Crippen molar-refractivity contribution in [3.05, 3.63) is 23.8 Å². The lowest BCUT2D eigenvalue weighted by atomic mass is 9.75. The van der Waals surface area contributed by atoms with Crippen molar-refractivity contribution in [2.75, 3.05) is 18.1 Å². The summed E-state index contributed by atoms with van der Waals surface area (Å²) in [5.41, 5.74) is 8.67. The molecule has 0 atom stereocenters. The van der Waals surface area contributed by atoms with Crippen LogP contribution in [0.2, 0.25) is 0 Å². The summed E-state index contributed by atoms with van der Waals surface area (Å²) in [6, 6.07) is 5.92. The summed E-state index contributed by atoms with van der Waals surface area (Å²) >= 11 is 0. The van der Waals surface area contributed by atoms with Crippen LogP contribution in [0.3, 0.4) is 0 Å². The first-order valence-electron chi connectivity index (χ1n) is 7.29. The third kappa shape index (κ3) is 3.44. The van der Waals surface area contributed by atoms with Crippen molar-refractivity contribution < 1.29 is 4.79 Å². The highest BCUT2D eigenvalue weighted by molar-refractivity contribution is 5.95.